The number of carbonyl (C=O) groups excluding carboxylic acids is 3. The first-order chi connectivity index (χ1) is 12.4. The lowest BCUT2D eigenvalue weighted by Crippen LogP contribution is -2.36. The van der Waals surface area contributed by atoms with Crippen molar-refractivity contribution in [3.8, 4) is 0 Å². The van der Waals surface area contributed by atoms with Gasteiger partial charge in [-0.3, -0.25) is 24.3 Å². The predicted molar refractivity (Wildman–Crippen MR) is 109 cm³/mol. The molecule has 1 fully saturated rings. The highest BCUT2D eigenvalue weighted by Crippen LogP contribution is 2.31. The number of aryl methyl sites for hydroxylation is 1. The molecule has 0 aliphatic carbocycles. The van der Waals surface area contributed by atoms with E-state index in [1.165, 1.54) is 0 Å². The average Bonchev–Trinajstić information content (AvgIpc) is 2.84. The molecule has 3 amide bonds. The third-order valence-corrected chi connectivity index (χ3v) is 5.12. The number of nitrogens with zero attached hydrogens (tertiary/aromatic N) is 2. The van der Waals surface area contributed by atoms with Crippen LogP contribution in [0.5, 0.6) is 0 Å². The number of anilines is 1. The highest BCUT2D eigenvalue weighted by Gasteiger charge is 2.36. The van der Waals surface area contributed by atoms with Crippen molar-refractivity contribution in [1.29, 1.82) is 0 Å². The Hall–Kier alpha value is -2.20. The third-order valence-electron chi connectivity index (χ3n) is 3.49. The zero-order valence-electron chi connectivity index (χ0n) is 13.7. The first kappa shape index (κ1) is 18.6. The van der Waals surface area contributed by atoms with Gasteiger partial charge in [0.2, 0.25) is 5.91 Å². The van der Waals surface area contributed by atoms with Crippen LogP contribution in [-0.4, -0.2) is 33.5 Å². The molecule has 2 heterocycles. The van der Waals surface area contributed by atoms with Crippen molar-refractivity contribution in [3.05, 3.63) is 62.3 Å². The number of rotatable bonds is 4. The van der Waals surface area contributed by atoms with E-state index in [1.54, 1.807) is 24.3 Å². The maximum atomic E-state index is 12.4. The Labute approximate surface area is 168 Å². The van der Waals surface area contributed by atoms with Crippen LogP contribution >= 0.6 is 34.4 Å². The van der Waals surface area contributed by atoms with Gasteiger partial charge in [-0.1, -0.05) is 6.07 Å². The summed E-state index contributed by atoms with van der Waals surface area (Å²) in [5.74, 6) is -0.912. The zero-order chi connectivity index (χ0) is 18.7. The number of hydrogen-bond donors (Lipinski definition) is 1. The zero-order valence-corrected chi connectivity index (χ0v) is 16.7. The minimum atomic E-state index is -0.485. The van der Waals surface area contributed by atoms with Crippen LogP contribution in [-0.2, 0) is 9.59 Å². The lowest BCUT2D eigenvalue weighted by molar-refractivity contribution is -0.127. The maximum absolute atomic E-state index is 12.4. The van der Waals surface area contributed by atoms with E-state index in [0.717, 1.165) is 25.9 Å². The second-order valence-corrected chi connectivity index (χ2v) is 7.77. The van der Waals surface area contributed by atoms with E-state index in [0.29, 0.717) is 11.4 Å². The second kappa shape index (κ2) is 8.00. The largest absolute Gasteiger partial charge is 0.325 e. The molecule has 0 saturated carbocycles. The molecule has 1 aliphatic heterocycles. The van der Waals surface area contributed by atoms with Gasteiger partial charge in [-0.15, -0.1) is 0 Å². The Bertz CT molecular complexity index is 912. The molecule has 26 heavy (non-hydrogen) atoms. The average molecular weight is 479 g/mol. The van der Waals surface area contributed by atoms with Crippen molar-refractivity contribution >= 4 is 63.2 Å². The smallest absolute Gasteiger partial charge is 0.294 e. The molecule has 2 aromatic rings. The van der Waals surface area contributed by atoms with Crippen LogP contribution < -0.4 is 5.32 Å². The fourth-order valence-corrected chi connectivity index (χ4v) is 3.48. The molecule has 8 heteroatoms. The van der Waals surface area contributed by atoms with Gasteiger partial charge in [-0.25, -0.2) is 0 Å². The fourth-order valence-electron chi connectivity index (χ4n) is 2.29. The summed E-state index contributed by atoms with van der Waals surface area (Å²) in [6.07, 6.45) is 1.56. The molecule has 1 aliphatic rings. The van der Waals surface area contributed by atoms with Crippen molar-refractivity contribution in [2.45, 2.75) is 6.92 Å². The summed E-state index contributed by atoms with van der Waals surface area (Å²) in [6.45, 7) is 1.52. The topological polar surface area (TPSA) is 79.4 Å². The molecule has 3 rings (SSSR count). The van der Waals surface area contributed by atoms with Crippen LogP contribution in [0.25, 0.3) is 6.08 Å². The Balaban J connectivity index is 1.69. The Morgan fingerprint density at radius 3 is 2.65 bits per heavy atom. The van der Waals surface area contributed by atoms with Gasteiger partial charge in [0.05, 0.1) is 10.6 Å². The Morgan fingerprint density at radius 1 is 1.23 bits per heavy atom. The van der Waals surface area contributed by atoms with Crippen LogP contribution in [0.2, 0.25) is 0 Å². The summed E-state index contributed by atoms with van der Waals surface area (Å²) in [6, 6.07) is 12.7. The minimum Gasteiger partial charge on any atom is -0.325 e. The first-order valence-electron chi connectivity index (χ1n) is 7.67. The van der Waals surface area contributed by atoms with Crippen molar-refractivity contribution in [3.63, 3.8) is 0 Å². The van der Waals surface area contributed by atoms with Gasteiger partial charge in [0, 0.05) is 15.0 Å². The minimum absolute atomic E-state index is 0.259. The highest BCUT2D eigenvalue weighted by molar-refractivity contribution is 14.1. The number of benzene rings is 1. The van der Waals surface area contributed by atoms with Crippen molar-refractivity contribution in [1.82, 2.24) is 9.88 Å². The van der Waals surface area contributed by atoms with E-state index in [1.807, 2.05) is 31.2 Å². The van der Waals surface area contributed by atoms with Crippen molar-refractivity contribution in [2.24, 2.45) is 0 Å². The van der Waals surface area contributed by atoms with Crippen LogP contribution in [0.1, 0.15) is 11.4 Å². The molecule has 0 atom stereocenters. The number of aromatic nitrogens is 1. The number of nitrogens with one attached hydrogen (secondary N) is 1. The summed E-state index contributed by atoms with van der Waals surface area (Å²) < 4.78 is 1.04. The number of imide groups is 1. The molecule has 1 saturated heterocycles. The molecule has 1 N–H and O–H groups in total. The Kier molecular flexibility index (Phi) is 5.72. The van der Waals surface area contributed by atoms with E-state index in [9.17, 15) is 14.4 Å². The van der Waals surface area contributed by atoms with E-state index in [-0.39, 0.29) is 11.4 Å². The maximum Gasteiger partial charge on any atom is 0.294 e. The lowest BCUT2D eigenvalue weighted by atomic mass is 10.3. The molecular formula is C18H14IN3O3S. The standard InChI is InChI=1S/C18H14IN3O3S/c1-11-3-2-4-14(20-11)9-15-17(24)22(18(25)26-15)10-16(23)21-13-7-5-12(19)6-8-13/h2-9H,10H2,1H3,(H,21,23)/b15-9+. The van der Waals surface area contributed by atoms with Gasteiger partial charge in [0.25, 0.3) is 11.1 Å². The lowest BCUT2D eigenvalue weighted by Gasteiger charge is -2.12. The number of thioether (sulfide) groups is 1. The van der Waals surface area contributed by atoms with Crippen LogP contribution in [0.3, 0.4) is 0 Å². The summed E-state index contributed by atoms with van der Waals surface area (Å²) in [5, 5.41) is 2.21. The van der Waals surface area contributed by atoms with Crippen molar-refractivity contribution in [2.75, 3.05) is 11.9 Å². The molecule has 1 aromatic carbocycles. The molecule has 132 valence electrons. The second-order valence-electron chi connectivity index (χ2n) is 5.53. The summed E-state index contributed by atoms with van der Waals surface area (Å²) in [7, 11) is 0. The van der Waals surface area contributed by atoms with Crippen LogP contribution in [0, 0.1) is 10.5 Å². The molecule has 0 unspecified atom stereocenters. The molecule has 0 radical (unpaired) electrons. The van der Waals surface area contributed by atoms with Crippen LogP contribution in [0.4, 0.5) is 10.5 Å². The number of pyridine rings is 1. The quantitative estimate of drug-likeness (QED) is 0.535. The number of carbonyl (C=O) groups is 3. The number of hydrogen-bond acceptors (Lipinski definition) is 5. The van der Waals surface area contributed by atoms with E-state index in [4.69, 9.17) is 0 Å². The van der Waals surface area contributed by atoms with E-state index in [2.05, 4.69) is 32.9 Å². The normalized spacial score (nSPS) is 15.6. The first-order valence-corrected chi connectivity index (χ1v) is 9.56. The Morgan fingerprint density at radius 2 is 1.96 bits per heavy atom. The van der Waals surface area contributed by atoms with E-state index >= 15 is 0 Å². The molecule has 6 nitrogen and oxygen atoms in total. The predicted octanol–water partition coefficient (Wildman–Crippen LogP) is 3.67. The fraction of sp³-hybridized carbons (Fsp3) is 0.111. The number of amides is 3. The van der Waals surface area contributed by atoms with Gasteiger partial charge in [0.15, 0.2) is 0 Å². The molecule has 1 aromatic heterocycles. The van der Waals surface area contributed by atoms with Gasteiger partial charge in [0.1, 0.15) is 6.54 Å². The molecule has 0 bridgehead atoms. The number of halogens is 1. The van der Waals surface area contributed by atoms with Gasteiger partial charge in [-0.05, 0) is 83.8 Å². The van der Waals surface area contributed by atoms with Crippen molar-refractivity contribution < 1.29 is 14.4 Å². The molecule has 0 spiro atoms. The van der Waals surface area contributed by atoms with E-state index < -0.39 is 17.1 Å². The van der Waals surface area contributed by atoms with Gasteiger partial charge in [-0.2, -0.15) is 0 Å². The SMILES string of the molecule is Cc1cccc(/C=C2/SC(=O)N(CC(=O)Nc3ccc(I)cc3)C2=O)n1. The molecular weight excluding hydrogens is 465 g/mol. The van der Waals surface area contributed by atoms with Crippen LogP contribution in [0.15, 0.2) is 47.4 Å². The summed E-state index contributed by atoms with van der Waals surface area (Å²) in [4.78, 5) is 42.2. The van der Waals surface area contributed by atoms with Gasteiger partial charge >= 0.3 is 0 Å². The van der Waals surface area contributed by atoms with Gasteiger partial charge < -0.3 is 5.32 Å². The monoisotopic (exact) mass is 479 g/mol. The third kappa shape index (κ3) is 4.50. The highest BCUT2D eigenvalue weighted by atomic mass is 127. The summed E-state index contributed by atoms with van der Waals surface area (Å²) >= 11 is 2.97. The summed E-state index contributed by atoms with van der Waals surface area (Å²) in [5.41, 5.74) is 2.02.